The van der Waals surface area contributed by atoms with Crippen molar-refractivity contribution in [3.63, 3.8) is 0 Å². The van der Waals surface area contributed by atoms with E-state index in [1.807, 2.05) is 30.3 Å². The first-order valence-corrected chi connectivity index (χ1v) is 9.91. The van der Waals surface area contributed by atoms with Gasteiger partial charge in [0.15, 0.2) is 0 Å². The Morgan fingerprint density at radius 2 is 1.77 bits per heavy atom. The largest absolute Gasteiger partial charge is 0.321 e. The molecule has 30 heavy (non-hydrogen) atoms. The van der Waals surface area contributed by atoms with Crippen molar-refractivity contribution in [2.45, 2.75) is 19.6 Å². The van der Waals surface area contributed by atoms with E-state index in [4.69, 9.17) is 0 Å². The molecule has 6 nitrogen and oxygen atoms in total. The molecule has 2 aromatic carbocycles. The molecule has 5 rings (SSSR count). The second-order valence-electron chi connectivity index (χ2n) is 7.45. The van der Waals surface area contributed by atoms with Gasteiger partial charge in [0.05, 0.1) is 5.69 Å². The Kier molecular flexibility index (Phi) is 4.83. The van der Waals surface area contributed by atoms with Crippen LogP contribution in [0.5, 0.6) is 0 Å². The number of aromatic amines is 1. The molecule has 0 spiro atoms. The summed E-state index contributed by atoms with van der Waals surface area (Å²) in [6.07, 6.45) is 1.70. The fourth-order valence-electron chi connectivity index (χ4n) is 3.78. The molecule has 1 aliphatic rings. The highest BCUT2D eigenvalue weighted by atomic mass is 16.1. The number of carbonyl (C=O) groups is 1. The van der Waals surface area contributed by atoms with E-state index in [0.717, 1.165) is 31.0 Å². The Hall–Kier alpha value is -3.77. The van der Waals surface area contributed by atoms with Gasteiger partial charge in [-0.15, -0.1) is 0 Å². The van der Waals surface area contributed by atoms with Crippen LogP contribution in [0.4, 0.5) is 5.69 Å². The van der Waals surface area contributed by atoms with Crippen molar-refractivity contribution < 1.29 is 4.79 Å². The molecule has 4 aromatic rings. The fourth-order valence-corrected chi connectivity index (χ4v) is 3.78. The summed E-state index contributed by atoms with van der Waals surface area (Å²) in [4.78, 5) is 19.3. The number of hydrogen-bond acceptors (Lipinski definition) is 4. The highest BCUT2D eigenvalue weighted by Gasteiger charge is 2.20. The molecule has 0 saturated heterocycles. The molecule has 1 amide bonds. The topological polar surface area (TPSA) is 73.9 Å². The van der Waals surface area contributed by atoms with E-state index in [-0.39, 0.29) is 5.91 Å². The van der Waals surface area contributed by atoms with Gasteiger partial charge in [-0.3, -0.25) is 19.8 Å². The summed E-state index contributed by atoms with van der Waals surface area (Å²) in [6.45, 7) is 2.72. The van der Waals surface area contributed by atoms with Crippen LogP contribution >= 0.6 is 0 Å². The average Bonchev–Trinajstić information content (AvgIpc) is 3.42. The predicted octanol–water partition coefficient (Wildman–Crippen LogP) is 4.24. The minimum absolute atomic E-state index is 0.219. The first-order valence-electron chi connectivity index (χ1n) is 9.91. The minimum Gasteiger partial charge on any atom is -0.321 e. The molecule has 0 bridgehead atoms. The Labute approximate surface area is 174 Å². The summed E-state index contributed by atoms with van der Waals surface area (Å²) < 4.78 is 0. The number of anilines is 1. The van der Waals surface area contributed by atoms with E-state index < -0.39 is 0 Å². The van der Waals surface area contributed by atoms with E-state index in [1.165, 1.54) is 16.7 Å². The monoisotopic (exact) mass is 395 g/mol. The molecule has 0 radical (unpaired) electrons. The van der Waals surface area contributed by atoms with Gasteiger partial charge < -0.3 is 5.32 Å². The molecule has 148 valence electrons. The predicted molar refractivity (Wildman–Crippen MR) is 116 cm³/mol. The zero-order valence-corrected chi connectivity index (χ0v) is 16.4. The number of nitrogens with one attached hydrogen (secondary N) is 2. The maximum Gasteiger partial charge on any atom is 0.273 e. The highest BCUT2D eigenvalue weighted by molar-refractivity contribution is 6.03. The quantitative estimate of drug-likeness (QED) is 0.530. The Morgan fingerprint density at radius 3 is 2.60 bits per heavy atom. The Balaban J connectivity index is 1.26. The van der Waals surface area contributed by atoms with E-state index in [2.05, 4.69) is 61.8 Å². The average molecular weight is 395 g/mol. The summed E-state index contributed by atoms with van der Waals surface area (Å²) in [6, 6.07) is 23.9. The summed E-state index contributed by atoms with van der Waals surface area (Å²) in [5, 5.41) is 9.97. The normalized spacial score (nSPS) is 13.2. The van der Waals surface area contributed by atoms with Gasteiger partial charge in [0.1, 0.15) is 11.4 Å². The Bertz CT molecular complexity index is 1170. The number of rotatable bonds is 5. The van der Waals surface area contributed by atoms with Crippen molar-refractivity contribution >= 4 is 11.6 Å². The highest BCUT2D eigenvalue weighted by Crippen LogP contribution is 2.27. The summed E-state index contributed by atoms with van der Waals surface area (Å²) in [5.41, 5.74) is 6.43. The second-order valence-corrected chi connectivity index (χ2v) is 7.45. The summed E-state index contributed by atoms with van der Waals surface area (Å²) in [5.74, 6) is -0.219. The van der Waals surface area contributed by atoms with Crippen molar-refractivity contribution in [2.24, 2.45) is 0 Å². The van der Waals surface area contributed by atoms with Crippen LogP contribution in [0.1, 0.15) is 27.2 Å². The lowest BCUT2D eigenvalue weighted by Gasteiger charge is -2.14. The van der Waals surface area contributed by atoms with Crippen LogP contribution in [0.15, 0.2) is 79.0 Å². The van der Waals surface area contributed by atoms with Crippen molar-refractivity contribution in [2.75, 3.05) is 5.32 Å². The van der Waals surface area contributed by atoms with Crippen molar-refractivity contribution in [1.82, 2.24) is 20.1 Å². The number of pyridine rings is 1. The second kappa shape index (κ2) is 7.93. The minimum atomic E-state index is -0.219. The zero-order valence-electron chi connectivity index (χ0n) is 16.4. The standard InChI is InChI=1S/C24H21N5O/c30-24(23-13-22(27-28-23)21-8-4-5-11-25-21)26-20-10-9-18-15-29(16-19(18)12-20)14-17-6-2-1-3-7-17/h1-13H,14-16H2,(H,26,30)(H,27,28). The van der Waals surface area contributed by atoms with Gasteiger partial charge >= 0.3 is 0 Å². The molecule has 2 aromatic heterocycles. The third kappa shape index (κ3) is 3.86. The number of hydrogen-bond donors (Lipinski definition) is 2. The van der Waals surface area contributed by atoms with Crippen LogP contribution in [-0.2, 0) is 19.6 Å². The molecule has 2 N–H and O–H groups in total. The van der Waals surface area contributed by atoms with Gasteiger partial charge in [0, 0.05) is 31.5 Å². The van der Waals surface area contributed by atoms with E-state index >= 15 is 0 Å². The molecule has 0 atom stereocenters. The van der Waals surface area contributed by atoms with Gasteiger partial charge in [-0.1, -0.05) is 42.5 Å². The van der Waals surface area contributed by atoms with Crippen LogP contribution in [0.2, 0.25) is 0 Å². The lowest BCUT2D eigenvalue weighted by molar-refractivity contribution is 0.102. The molecule has 0 fully saturated rings. The number of amides is 1. The lowest BCUT2D eigenvalue weighted by atomic mass is 10.1. The number of H-pyrrole nitrogens is 1. The van der Waals surface area contributed by atoms with E-state index in [1.54, 1.807) is 12.3 Å². The zero-order chi connectivity index (χ0) is 20.3. The molecule has 0 aliphatic carbocycles. The SMILES string of the molecule is O=C(Nc1ccc2c(c1)CN(Cc1ccccc1)C2)c1cc(-c2ccccn2)n[nH]1. The molecular formula is C24H21N5O. The third-order valence-corrected chi connectivity index (χ3v) is 5.25. The number of fused-ring (bicyclic) bond motifs is 1. The molecule has 0 unspecified atom stereocenters. The maximum atomic E-state index is 12.7. The van der Waals surface area contributed by atoms with Crippen LogP contribution < -0.4 is 5.32 Å². The van der Waals surface area contributed by atoms with E-state index in [9.17, 15) is 4.79 Å². The molecular weight excluding hydrogens is 374 g/mol. The first kappa shape index (κ1) is 18.3. The van der Waals surface area contributed by atoms with Crippen LogP contribution in [0.25, 0.3) is 11.4 Å². The summed E-state index contributed by atoms with van der Waals surface area (Å²) in [7, 11) is 0. The van der Waals surface area contributed by atoms with Crippen molar-refractivity contribution in [1.29, 1.82) is 0 Å². The maximum absolute atomic E-state index is 12.7. The Morgan fingerprint density at radius 1 is 0.933 bits per heavy atom. The molecule has 0 saturated carbocycles. The van der Waals surface area contributed by atoms with Gasteiger partial charge in [0.2, 0.25) is 0 Å². The van der Waals surface area contributed by atoms with Crippen LogP contribution in [0.3, 0.4) is 0 Å². The smallest absolute Gasteiger partial charge is 0.273 e. The van der Waals surface area contributed by atoms with Gasteiger partial charge in [0.25, 0.3) is 5.91 Å². The van der Waals surface area contributed by atoms with Gasteiger partial charge in [-0.2, -0.15) is 5.10 Å². The number of benzene rings is 2. The van der Waals surface area contributed by atoms with Crippen LogP contribution in [0, 0.1) is 0 Å². The van der Waals surface area contributed by atoms with Crippen LogP contribution in [-0.4, -0.2) is 26.0 Å². The number of aromatic nitrogens is 3. The molecule has 6 heteroatoms. The first-order chi connectivity index (χ1) is 14.7. The van der Waals surface area contributed by atoms with E-state index in [0.29, 0.717) is 11.4 Å². The summed E-state index contributed by atoms with van der Waals surface area (Å²) >= 11 is 0. The third-order valence-electron chi connectivity index (χ3n) is 5.25. The molecule has 3 heterocycles. The van der Waals surface area contributed by atoms with Crippen molar-refractivity contribution in [3.05, 3.63) is 101 Å². The fraction of sp³-hybridized carbons (Fsp3) is 0.125. The van der Waals surface area contributed by atoms with Gasteiger partial charge in [-0.25, -0.2) is 0 Å². The number of carbonyl (C=O) groups excluding carboxylic acids is 1. The lowest BCUT2D eigenvalue weighted by Crippen LogP contribution is -2.15. The van der Waals surface area contributed by atoms with Gasteiger partial charge in [-0.05, 0) is 47.0 Å². The van der Waals surface area contributed by atoms with Crippen molar-refractivity contribution in [3.8, 4) is 11.4 Å². The molecule has 1 aliphatic heterocycles. The number of nitrogens with zero attached hydrogens (tertiary/aromatic N) is 3.